The average Bonchev–Trinajstić information content (AvgIpc) is 2.88. The second-order valence-corrected chi connectivity index (χ2v) is 4.48. The van der Waals surface area contributed by atoms with Crippen LogP contribution in [0.1, 0.15) is 25.8 Å². The van der Waals surface area contributed by atoms with Crippen molar-refractivity contribution in [1.82, 2.24) is 10.2 Å². The Bertz CT molecular complexity index is 568. The lowest BCUT2D eigenvalue weighted by molar-refractivity contribution is -0.142. The van der Waals surface area contributed by atoms with Crippen LogP contribution >= 0.6 is 11.6 Å². The summed E-state index contributed by atoms with van der Waals surface area (Å²) in [6.45, 7) is 4.83. The molecule has 0 saturated heterocycles. The van der Waals surface area contributed by atoms with Crippen LogP contribution in [0.25, 0.3) is 11.3 Å². The molecule has 2 rings (SSSR count). The van der Waals surface area contributed by atoms with Crippen molar-refractivity contribution in [2.24, 2.45) is 0 Å². The van der Waals surface area contributed by atoms with Gasteiger partial charge in [0.15, 0.2) is 6.29 Å². The molecular weight excluding hydrogens is 283 g/mol. The Morgan fingerprint density at radius 1 is 1.25 bits per heavy atom. The van der Waals surface area contributed by atoms with Gasteiger partial charge < -0.3 is 9.47 Å². The smallest absolute Gasteiger partial charge is 0.200 e. The van der Waals surface area contributed by atoms with Gasteiger partial charge in [0.05, 0.1) is 16.4 Å². The van der Waals surface area contributed by atoms with Crippen LogP contribution in [0.2, 0.25) is 5.02 Å². The number of hydrogen-bond acceptors (Lipinski definition) is 3. The molecule has 1 heterocycles. The number of benzene rings is 1. The van der Waals surface area contributed by atoms with E-state index in [0.29, 0.717) is 35.2 Å². The highest BCUT2D eigenvalue weighted by Gasteiger charge is 2.16. The number of hydrogen-bond donors (Lipinski definition) is 1. The van der Waals surface area contributed by atoms with Crippen molar-refractivity contribution < 1.29 is 13.9 Å². The standard InChI is InChI=1S/C14H16ClFN2O2/c1-3-19-14(20-4-2)13-8-12(17-18-13)10-6-5-9(16)7-11(10)15/h5-8,14H,3-4H2,1-2H3,(H,17,18). The second kappa shape index (κ2) is 6.83. The van der Waals surface area contributed by atoms with Gasteiger partial charge in [0.1, 0.15) is 5.82 Å². The molecule has 0 aliphatic heterocycles. The van der Waals surface area contributed by atoms with Gasteiger partial charge in [-0.15, -0.1) is 0 Å². The molecule has 2 aromatic rings. The highest BCUT2D eigenvalue weighted by molar-refractivity contribution is 6.33. The van der Waals surface area contributed by atoms with Gasteiger partial charge >= 0.3 is 0 Å². The lowest BCUT2D eigenvalue weighted by Gasteiger charge is -2.14. The zero-order chi connectivity index (χ0) is 14.5. The molecule has 0 radical (unpaired) electrons. The van der Waals surface area contributed by atoms with Gasteiger partial charge in [-0.25, -0.2) is 4.39 Å². The van der Waals surface area contributed by atoms with Crippen LogP contribution in [0.4, 0.5) is 4.39 Å². The Balaban J connectivity index is 2.27. The third-order valence-electron chi connectivity index (χ3n) is 2.69. The summed E-state index contributed by atoms with van der Waals surface area (Å²) < 4.78 is 24.0. The maximum Gasteiger partial charge on any atom is 0.200 e. The topological polar surface area (TPSA) is 47.1 Å². The molecule has 0 bridgehead atoms. The first kappa shape index (κ1) is 15.0. The molecule has 0 atom stereocenters. The molecule has 0 aliphatic rings. The van der Waals surface area contributed by atoms with Gasteiger partial charge in [0, 0.05) is 18.8 Å². The number of halogens is 2. The van der Waals surface area contributed by atoms with Gasteiger partial charge in [0.2, 0.25) is 0 Å². The lowest BCUT2D eigenvalue weighted by atomic mass is 10.1. The third kappa shape index (κ3) is 3.36. The van der Waals surface area contributed by atoms with Crippen molar-refractivity contribution >= 4 is 11.6 Å². The number of nitrogens with one attached hydrogen (secondary N) is 1. The zero-order valence-electron chi connectivity index (χ0n) is 11.3. The average molecular weight is 299 g/mol. The van der Waals surface area contributed by atoms with Crippen molar-refractivity contribution in [3.8, 4) is 11.3 Å². The van der Waals surface area contributed by atoms with Crippen molar-refractivity contribution in [2.45, 2.75) is 20.1 Å². The Morgan fingerprint density at radius 3 is 2.55 bits per heavy atom. The quantitative estimate of drug-likeness (QED) is 0.822. The maximum atomic E-state index is 13.0. The first-order valence-electron chi connectivity index (χ1n) is 6.39. The minimum Gasteiger partial charge on any atom is -0.347 e. The molecule has 108 valence electrons. The minimum absolute atomic E-state index is 0.312. The predicted molar refractivity (Wildman–Crippen MR) is 75.0 cm³/mol. The van der Waals surface area contributed by atoms with Gasteiger partial charge in [-0.05, 0) is 38.1 Å². The molecule has 1 aromatic carbocycles. The second-order valence-electron chi connectivity index (χ2n) is 4.08. The van der Waals surface area contributed by atoms with Crippen molar-refractivity contribution in [3.05, 3.63) is 40.8 Å². The van der Waals surface area contributed by atoms with Crippen LogP contribution in [-0.4, -0.2) is 23.4 Å². The van der Waals surface area contributed by atoms with Gasteiger partial charge in [0.25, 0.3) is 0 Å². The molecule has 1 aromatic heterocycles. The number of rotatable bonds is 6. The molecule has 20 heavy (non-hydrogen) atoms. The first-order valence-corrected chi connectivity index (χ1v) is 6.77. The Hall–Kier alpha value is -1.43. The van der Waals surface area contributed by atoms with E-state index in [1.54, 1.807) is 12.1 Å². The Kier molecular flexibility index (Phi) is 5.11. The molecule has 0 fully saturated rings. The molecule has 0 saturated carbocycles. The summed E-state index contributed by atoms with van der Waals surface area (Å²) in [5.74, 6) is -0.379. The fourth-order valence-electron chi connectivity index (χ4n) is 1.82. The monoisotopic (exact) mass is 298 g/mol. The summed E-state index contributed by atoms with van der Waals surface area (Å²) in [7, 11) is 0. The summed E-state index contributed by atoms with van der Waals surface area (Å²) in [6.07, 6.45) is -0.495. The molecule has 1 N–H and O–H groups in total. The van der Waals surface area contributed by atoms with E-state index in [1.807, 2.05) is 13.8 Å². The van der Waals surface area contributed by atoms with Crippen molar-refractivity contribution in [1.29, 1.82) is 0 Å². The molecule has 0 aliphatic carbocycles. The number of aromatic nitrogens is 2. The Labute approximate surface area is 121 Å². The van der Waals surface area contributed by atoms with E-state index in [9.17, 15) is 4.39 Å². The van der Waals surface area contributed by atoms with E-state index < -0.39 is 6.29 Å². The van der Waals surface area contributed by atoms with Crippen molar-refractivity contribution in [2.75, 3.05) is 13.2 Å². The summed E-state index contributed by atoms with van der Waals surface area (Å²) in [6, 6.07) is 5.98. The highest BCUT2D eigenvalue weighted by Crippen LogP contribution is 2.29. The largest absolute Gasteiger partial charge is 0.347 e. The number of H-pyrrole nitrogens is 1. The highest BCUT2D eigenvalue weighted by atomic mass is 35.5. The first-order chi connectivity index (χ1) is 9.65. The van der Waals surface area contributed by atoms with E-state index in [1.165, 1.54) is 12.1 Å². The van der Waals surface area contributed by atoms with Crippen LogP contribution < -0.4 is 0 Å². The van der Waals surface area contributed by atoms with E-state index in [2.05, 4.69) is 10.2 Å². The van der Waals surface area contributed by atoms with Crippen LogP contribution in [0.5, 0.6) is 0 Å². The summed E-state index contributed by atoms with van der Waals surface area (Å²) in [5, 5.41) is 7.35. The molecule has 0 spiro atoms. The fraction of sp³-hybridized carbons (Fsp3) is 0.357. The third-order valence-corrected chi connectivity index (χ3v) is 3.01. The fourth-order valence-corrected chi connectivity index (χ4v) is 2.09. The van der Waals surface area contributed by atoms with Crippen molar-refractivity contribution in [3.63, 3.8) is 0 Å². The van der Waals surface area contributed by atoms with E-state index >= 15 is 0 Å². The van der Waals surface area contributed by atoms with Gasteiger partial charge in [-0.3, -0.25) is 5.10 Å². The van der Waals surface area contributed by atoms with Gasteiger partial charge in [-0.2, -0.15) is 5.10 Å². The number of aromatic amines is 1. The molecular formula is C14H16ClFN2O2. The molecule has 6 heteroatoms. The summed E-state index contributed by atoms with van der Waals surface area (Å²) in [4.78, 5) is 0. The van der Waals surface area contributed by atoms with E-state index in [-0.39, 0.29) is 5.82 Å². The maximum absolute atomic E-state index is 13.0. The summed E-state index contributed by atoms with van der Waals surface area (Å²) in [5.41, 5.74) is 1.97. The number of ether oxygens (including phenoxy) is 2. The van der Waals surface area contributed by atoms with Crippen LogP contribution in [0.15, 0.2) is 24.3 Å². The van der Waals surface area contributed by atoms with E-state index in [0.717, 1.165) is 0 Å². The van der Waals surface area contributed by atoms with Crippen LogP contribution in [-0.2, 0) is 9.47 Å². The Morgan fingerprint density at radius 2 is 1.95 bits per heavy atom. The summed E-state index contributed by atoms with van der Waals surface area (Å²) >= 11 is 6.02. The van der Waals surface area contributed by atoms with Crippen LogP contribution in [0.3, 0.4) is 0 Å². The normalized spacial score (nSPS) is 11.2. The van der Waals surface area contributed by atoms with Crippen LogP contribution in [0, 0.1) is 5.82 Å². The SMILES string of the molecule is CCOC(OCC)c1cc(-c2ccc(F)cc2Cl)n[nH]1. The van der Waals surface area contributed by atoms with Gasteiger partial charge in [-0.1, -0.05) is 11.6 Å². The van der Waals surface area contributed by atoms with E-state index in [4.69, 9.17) is 21.1 Å². The molecule has 4 nitrogen and oxygen atoms in total. The number of nitrogens with zero attached hydrogens (tertiary/aromatic N) is 1. The minimum atomic E-state index is -0.495. The molecule has 0 amide bonds. The lowest BCUT2D eigenvalue weighted by Crippen LogP contribution is -2.09. The predicted octanol–water partition coefficient (Wildman–Crippen LogP) is 3.94. The zero-order valence-corrected chi connectivity index (χ0v) is 12.1. The molecule has 0 unspecified atom stereocenters.